The molecule has 2 nitrogen and oxygen atoms in total. The third-order valence-electron chi connectivity index (χ3n) is 3.15. The maximum Gasteiger partial charge on any atom is 0.115 e. The zero-order valence-electron chi connectivity index (χ0n) is 11.4. The predicted octanol–water partition coefficient (Wildman–Crippen LogP) is 5.07. The molecule has 0 saturated carbocycles. The molecular weight excluding hydrogens is 296 g/mol. The Bertz CT molecular complexity index is 788. The molecule has 4 heteroatoms. The molecule has 0 aliphatic rings. The monoisotopic (exact) mass is 308 g/mol. The van der Waals surface area contributed by atoms with Crippen LogP contribution in [0.2, 0.25) is 0 Å². The second-order valence-electron chi connectivity index (χ2n) is 4.39. The van der Waals surface area contributed by atoms with E-state index >= 15 is 0 Å². The van der Waals surface area contributed by atoms with Gasteiger partial charge in [-0.05, 0) is 23.8 Å². The van der Waals surface area contributed by atoms with Crippen LogP contribution in [0.5, 0.6) is 0 Å². The Hall–Kier alpha value is -2.09. The maximum absolute atomic E-state index is 9.49. The van der Waals surface area contributed by atoms with Gasteiger partial charge in [0.2, 0.25) is 0 Å². The third-order valence-corrected chi connectivity index (χ3v) is 4.73. The minimum Gasteiger partial charge on any atom is -0.240 e. The van der Waals surface area contributed by atoms with E-state index in [1.165, 1.54) is 11.8 Å². The highest BCUT2D eigenvalue weighted by Crippen LogP contribution is 2.35. The normalized spacial score (nSPS) is 10.3. The molecule has 0 amide bonds. The molecule has 0 fully saturated rings. The van der Waals surface area contributed by atoms with Gasteiger partial charge in [-0.15, -0.1) is 23.1 Å². The van der Waals surface area contributed by atoms with Crippen molar-refractivity contribution in [3.63, 3.8) is 0 Å². The van der Waals surface area contributed by atoms with Gasteiger partial charge in [0.05, 0.1) is 11.3 Å². The molecule has 1 aromatic carbocycles. The van der Waals surface area contributed by atoms with Gasteiger partial charge in [0.1, 0.15) is 11.1 Å². The number of hydrogen-bond donors (Lipinski definition) is 0. The smallest absolute Gasteiger partial charge is 0.115 e. The van der Waals surface area contributed by atoms with Gasteiger partial charge in [-0.25, -0.2) is 4.98 Å². The van der Waals surface area contributed by atoms with Crippen molar-refractivity contribution in [2.24, 2.45) is 0 Å². The van der Waals surface area contributed by atoms with Crippen molar-refractivity contribution < 1.29 is 0 Å². The predicted molar refractivity (Wildman–Crippen MR) is 89.5 cm³/mol. The van der Waals surface area contributed by atoms with Crippen molar-refractivity contribution in [2.75, 3.05) is 6.26 Å². The summed E-state index contributed by atoms with van der Waals surface area (Å²) in [4.78, 5) is 5.75. The lowest BCUT2D eigenvalue weighted by Gasteiger charge is -2.10. The fourth-order valence-electron chi connectivity index (χ4n) is 2.16. The van der Waals surface area contributed by atoms with Crippen LogP contribution in [0.25, 0.3) is 21.7 Å². The van der Waals surface area contributed by atoms with E-state index in [1.807, 2.05) is 60.2 Å². The largest absolute Gasteiger partial charge is 0.240 e. The van der Waals surface area contributed by atoms with Gasteiger partial charge in [0.15, 0.2) is 0 Å². The summed E-state index contributed by atoms with van der Waals surface area (Å²) in [7, 11) is 0. The molecule has 0 unspecified atom stereocenters. The molecule has 3 aromatic rings. The average molecular weight is 308 g/mol. The maximum atomic E-state index is 9.49. The van der Waals surface area contributed by atoms with Crippen molar-refractivity contribution in [3.05, 3.63) is 59.5 Å². The molecule has 0 aliphatic carbocycles. The number of pyridine rings is 1. The van der Waals surface area contributed by atoms with Crippen LogP contribution in [0.1, 0.15) is 5.56 Å². The van der Waals surface area contributed by atoms with Gasteiger partial charge in [-0.3, -0.25) is 0 Å². The van der Waals surface area contributed by atoms with Gasteiger partial charge in [-0.2, -0.15) is 5.26 Å². The molecular formula is C17H12N2S2. The number of thioether (sulfide) groups is 1. The highest BCUT2D eigenvalue weighted by molar-refractivity contribution is 7.98. The van der Waals surface area contributed by atoms with Crippen LogP contribution in [-0.4, -0.2) is 11.2 Å². The molecule has 0 bridgehead atoms. The third kappa shape index (κ3) is 2.71. The van der Waals surface area contributed by atoms with E-state index in [9.17, 15) is 5.26 Å². The second-order valence-corrected chi connectivity index (χ2v) is 6.14. The van der Waals surface area contributed by atoms with Gasteiger partial charge in [-0.1, -0.05) is 36.4 Å². The number of nitrogens with zero attached hydrogens (tertiary/aromatic N) is 2. The standard InChI is InChI=1S/C17H12N2S2/c1-20-17-14(11-18)13(16-8-5-9-21-16)10-15(19-17)12-6-3-2-4-7-12/h2-10H,1H3. The van der Waals surface area contributed by atoms with Crippen LogP contribution >= 0.6 is 23.1 Å². The van der Waals surface area contributed by atoms with Crippen LogP contribution < -0.4 is 0 Å². The van der Waals surface area contributed by atoms with E-state index in [4.69, 9.17) is 0 Å². The molecule has 0 N–H and O–H groups in total. The number of benzene rings is 1. The second kappa shape index (κ2) is 6.13. The minimum absolute atomic E-state index is 0.657. The zero-order valence-corrected chi connectivity index (χ0v) is 13.0. The van der Waals surface area contributed by atoms with Crippen molar-refractivity contribution in [3.8, 4) is 27.8 Å². The lowest BCUT2D eigenvalue weighted by molar-refractivity contribution is 1.12. The molecule has 0 atom stereocenters. The Morgan fingerprint density at radius 3 is 2.57 bits per heavy atom. The summed E-state index contributed by atoms with van der Waals surface area (Å²) < 4.78 is 0. The molecule has 2 aromatic heterocycles. The SMILES string of the molecule is CSc1nc(-c2ccccc2)cc(-c2cccs2)c1C#N. The van der Waals surface area contributed by atoms with Gasteiger partial charge < -0.3 is 0 Å². The van der Waals surface area contributed by atoms with E-state index < -0.39 is 0 Å². The highest BCUT2D eigenvalue weighted by atomic mass is 32.2. The minimum atomic E-state index is 0.657. The molecule has 0 radical (unpaired) electrons. The Labute approximate surface area is 132 Å². The van der Waals surface area contributed by atoms with Crippen LogP contribution in [-0.2, 0) is 0 Å². The summed E-state index contributed by atoms with van der Waals surface area (Å²) in [6.45, 7) is 0. The number of thiophene rings is 1. The van der Waals surface area contributed by atoms with E-state index in [0.29, 0.717) is 5.56 Å². The number of hydrogen-bond acceptors (Lipinski definition) is 4. The first-order chi connectivity index (χ1) is 10.3. The highest BCUT2D eigenvalue weighted by Gasteiger charge is 2.15. The van der Waals surface area contributed by atoms with Crippen molar-refractivity contribution in [1.82, 2.24) is 4.98 Å². The number of rotatable bonds is 3. The van der Waals surface area contributed by atoms with Crippen LogP contribution in [0.15, 0.2) is 58.9 Å². The summed E-state index contributed by atoms with van der Waals surface area (Å²) in [6.07, 6.45) is 1.95. The van der Waals surface area contributed by atoms with Crippen LogP contribution in [0.4, 0.5) is 0 Å². The topological polar surface area (TPSA) is 36.7 Å². The van der Waals surface area contributed by atoms with E-state index in [0.717, 1.165) is 26.7 Å². The number of aromatic nitrogens is 1. The molecule has 0 spiro atoms. The molecule has 21 heavy (non-hydrogen) atoms. The number of nitriles is 1. The first kappa shape index (κ1) is 13.9. The zero-order chi connectivity index (χ0) is 14.7. The fourth-order valence-corrected chi connectivity index (χ4v) is 3.46. The molecule has 0 saturated heterocycles. The lowest BCUT2D eigenvalue weighted by Crippen LogP contribution is -1.94. The Kier molecular flexibility index (Phi) is 4.05. The van der Waals surface area contributed by atoms with Gasteiger partial charge in [0, 0.05) is 16.0 Å². The lowest BCUT2D eigenvalue weighted by atomic mass is 10.0. The first-order valence-electron chi connectivity index (χ1n) is 6.42. The van der Waals surface area contributed by atoms with E-state index in [1.54, 1.807) is 11.3 Å². The van der Waals surface area contributed by atoms with Gasteiger partial charge in [0.25, 0.3) is 0 Å². The average Bonchev–Trinajstić information content (AvgIpc) is 3.08. The van der Waals surface area contributed by atoms with Crippen molar-refractivity contribution in [1.29, 1.82) is 5.26 Å². The summed E-state index contributed by atoms with van der Waals surface area (Å²) in [5, 5.41) is 12.3. The molecule has 102 valence electrons. The van der Waals surface area contributed by atoms with Gasteiger partial charge >= 0.3 is 0 Å². The molecule has 2 heterocycles. The van der Waals surface area contributed by atoms with E-state index in [-0.39, 0.29) is 0 Å². The van der Waals surface area contributed by atoms with Crippen molar-refractivity contribution >= 4 is 23.1 Å². The Morgan fingerprint density at radius 1 is 1.14 bits per heavy atom. The Morgan fingerprint density at radius 2 is 1.95 bits per heavy atom. The fraction of sp³-hybridized carbons (Fsp3) is 0.0588. The molecule has 3 rings (SSSR count). The first-order valence-corrected chi connectivity index (χ1v) is 8.52. The van der Waals surface area contributed by atoms with Crippen LogP contribution in [0.3, 0.4) is 0 Å². The summed E-state index contributed by atoms with van der Waals surface area (Å²) in [5.74, 6) is 0. The Balaban J connectivity index is 2.26. The van der Waals surface area contributed by atoms with Crippen molar-refractivity contribution in [2.45, 2.75) is 5.03 Å². The summed E-state index contributed by atoms with van der Waals surface area (Å²) in [6, 6.07) is 18.4. The summed E-state index contributed by atoms with van der Waals surface area (Å²) >= 11 is 3.15. The quantitative estimate of drug-likeness (QED) is 0.634. The molecule has 0 aliphatic heterocycles. The van der Waals surface area contributed by atoms with E-state index in [2.05, 4.69) is 11.1 Å². The summed E-state index contributed by atoms with van der Waals surface area (Å²) in [5.41, 5.74) is 3.59. The van der Waals surface area contributed by atoms with Crippen LogP contribution in [0, 0.1) is 11.3 Å².